The van der Waals surface area contributed by atoms with Crippen molar-refractivity contribution >= 4 is 22.2 Å². The maximum Gasteiger partial charge on any atom is 0.180 e. The molecule has 0 aliphatic rings. The molecular formula is C22H15FN4O. The summed E-state index contributed by atoms with van der Waals surface area (Å²) < 4.78 is 15.7. The summed E-state index contributed by atoms with van der Waals surface area (Å²) in [4.78, 5) is 8.82. The van der Waals surface area contributed by atoms with Gasteiger partial charge in [-0.25, -0.2) is 14.4 Å². The molecule has 0 bridgehead atoms. The summed E-state index contributed by atoms with van der Waals surface area (Å²) in [5, 5.41) is 11.9. The number of imidazole rings is 1. The summed E-state index contributed by atoms with van der Waals surface area (Å²) in [5.41, 5.74) is 9.31. The normalized spacial score (nSPS) is 11.3. The molecule has 2 heterocycles. The van der Waals surface area contributed by atoms with Gasteiger partial charge in [0.2, 0.25) is 0 Å². The first-order chi connectivity index (χ1) is 13.6. The van der Waals surface area contributed by atoms with E-state index in [2.05, 4.69) is 9.97 Å². The van der Waals surface area contributed by atoms with Crippen LogP contribution < -0.4 is 5.73 Å². The minimum Gasteiger partial charge on any atom is -0.507 e. The minimum atomic E-state index is -0.356. The van der Waals surface area contributed by atoms with Crippen molar-refractivity contribution in [2.24, 2.45) is 0 Å². The van der Waals surface area contributed by atoms with E-state index < -0.39 is 0 Å². The van der Waals surface area contributed by atoms with Crippen molar-refractivity contribution in [1.82, 2.24) is 14.4 Å². The SMILES string of the molecule is Nc1nc(-c2cccc(F)c2)c(-c2ccc3cccc(O)c3c2)n2ccnc12. The molecular weight excluding hydrogens is 355 g/mol. The molecule has 136 valence electrons. The lowest BCUT2D eigenvalue weighted by atomic mass is 10.00. The summed E-state index contributed by atoms with van der Waals surface area (Å²) in [6.07, 6.45) is 3.44. The lowest BCUT2D eigenvalue weighted by molar-refractivity contribution is 0.481. The second kappa shape index (κ2) is 6.06. The molecule has 0 amide bonds. The zero-order chi connectivity index (χ0) is 19.3. The number of hydrogen-bond acceptors (Lipinski definition) is 4. The smallest absolute Gasteiger partial charge is 0.180 e. The lowest BCUT2D eigenvalue weighted by Gasteiger charge is -2.14. The van der Waals surface area contributed by atoms with E-state index in [4.69, 9.17) is 5.73 Å². The number of nitrogens with two attached hydrogens (primary N) is 1. The third-order valence-electron chi connectivity index (χ3n) is 4.80. The number of phenolic OH excluding ortho intramolecular Hbond substituents is 1. The van der Waals surface area contributed by atoms with Crippen molar-refractivity contribution in [3.63, 3.8) is 0 Å². The monoisotopic (exact) mass is 370 g/mol. The molecule has 0 fully saturated rings. The van der Waals surface area contributed by atoms with E-state index in [0.29, 0.717) is 16.9 Å². The van der Waals surface area contributed by atoms with E-state index in [1.54, 1.807) is 36.7 Å². The van der Waals surface area contributed by atoms with Gasteiger partial charge in [0, 0.05) is 28.9 Å². The van der Waals surface area contributed by atoms with Crippen molar-refractivity contribution in [2.75, 3.05) is 5.73 Å². The van der Waals surface area contributed by atoms with Crippen LogP contribution in [0.3, 0.4) is 0 Å². The highest BCUT2D eigenvalue weighted by Gasteiger charge is 2.18. The molecule has 5 aromatic rings. The Balaban J connectivity index is 1.88. The second-order valence-corrected chi connectivity index (χ2v) is 6.54. The Morgan fingerprint density at radius 1 is 0.964 bits per heavy atom. The van der Waals surface area contributed by atoms with Crippen LogP contribution in [0.2, 0.25) is 0 Å². The number of aromatic nitrogens is 3. The van der Waals surface area contributed by atoms with Gasteiger partial charge >= 0.3 is 0 Å². The van der Waals surface area contributed by atoms with Crippen LogP contribution in [0, 0.1) is 5.82 Å². The fourth-order valence-electron chi connectivity index (χ4n) is 3.53. The maximum atomic E-state index is 13.9. The average Bonchev–Trinajstić information content (AvgIpc) is 3.18. The molecule has 5 rings (SSSR count). The summed E-state index contributed by atoms with van der Waals surface area (Å²) in [7, 11) is 0. The molecule has 28 heavy (non-hydrogen) atoms. The van der Waals surface area contributed by atoms with Crippen LogP contribution in [0.4, 0.5) is 10.2 Å². The van der Waals surface area contributed by atoms with Crippen molar-refractivity contribution in [3.05, 3.63) is 78.9 Å². The third kappa shape index (κ3) is 2.46. The van der Waals surface area contributed by atoms with Crippen molar-refractivity contribution in [3.8, 4) is 28.3 Å². The largest absolute Gasteiger partial charge is 0.507 e. The number of benzene rings is 3. The quantitative estimate of drug-likeness (QED) is 0.474. The van der Waals surface area contributed by atoms with Gasteiger partial charge in [-0.2, -0.15) is 0 Å². The highest BCUT2D eigenvalue weighted by atomic mass is 19.1. The van der Waals surface area contributed by atoms with Crippen LogP contribution in [0.5, 0.6) is 5.75 Å². The molecule has 0 spiro atoms. The van der Waals surface area contributed by atoms with Crippen molar-refractivity contribution < 1.29 is 9.50 Å². The Kier molecular flexibility index (Phi) is 3.52. The Labute approximate surface area is 159 Å². The van der Waals surface area contributed by atoms with E-state index in [1.165, 1.54) is 12.1 Å². The van der Waals surface area contributed by atoms with Crippen LogP contribution in [0.15, 0.2) is 73.1 Å². The number of nitrogen functional groups attached to an aromatic ring is 1. The molecule has 3 N–H and O–H groups in total. The summed E-state index contributed by atoms with van der Waals surface area (Å²) in [5.74, 6) is 0.0966. The summed E-state index contributed by atoms with van der Waals surface area (Å²) in [6.45, 7) is 0. The third-order valence-corrected chi connectivity index (χ3v) is 4.80. The van der Waals surface area contributed by atoms with E-state index in [1.807, 2.05) is 28.7 Å². The molecule has 0 radical (unpaired) electrons. The first-order valence-electron chi connectivity index (χ1n) is 8.72. The number of hydrogen-bond donors (Lipinski definition) is 2. The molecule has 6 heteroatoms. The number of rotatable bonds is 2. The van der Waals surface area contributed by atoms with Crippen LogP contribution in [0.1, 0.15) is 0 Å². The molecule has 0 atom stereocenters. The highest BCUT2D eigenvalue weighted by molar-refractivity contribution is 5.94. The lowest BCUT2D eigenvalue weighted by Crippen LogP contribution is -2.03. The summed E-state index contributed by atoms with van der Waals surface area (Å²) in [6, 6.07) is 17.4. The molecule has 0 aliphatic carbocycles. The van der Waals surface area contributed by atoms with Crippen molar-refractivity contribution in [1.29, 1.82) is 0 Å². The summed E-state index contributed by atoms with van der Waals surface area (Å²) >= 11 is 0. The van der Waals surface area contributed by atoms with E-state index in [0.717, 1.165) is 22.0 Å². The van der Waals surface area contributed by atoms with Gasteiger partial charge in [0.15, 0.2) is 11.5 Å². The predicted molar refractivity (Wildman–Crippen MR) is 107 cm³/mol. The maximum absolute atomic E-state index is 13.9. The van der Waals surface area contributed by atoms with Gasteiger partial charge in [-0.15, -0.1) is 0 Å². The highest BCUT2D eigenvalue weighted by Crippen LogP contribution is 2.36. The van der Waals surface area contributed by atoms with Crippen LogP contribution in [-0.2, 0) is 0 Å². The van der Waals surface area contributed by atoms with Gasteiger partial charge in [-0.3, -0.25) is 4.40 Å². The molecule has 5 nitrogen and oxygen atoms in total. The predicted octanol–water partition coefficient (Wildman–Crippen LogP) is 4.64. The molecule has 0 unspecified atom stereocenters. The number of fused-ring (bicyclic) bond motifs is 2. The number of nitrogens with zero attached hydrogens (tertiary/aromatic N) is 3. The Bertz CT molecular complexity index is 1360. The van der Waals surface area contributed by atoms with E-state index >= 15 is 0 Å². The van der Waals surface area contributed by atoms with Crippen LogP contribution in [0.25, 0.3) is 38.9 Å². The average molecular weight is 370 g/mol. The van der Waals surface area contributed by atoms with Crippen LogP contribution in [-0.4, -0.2) is 19.5 Å². The zero-order valence-electron chi connectivity index (χ0n) is 14.7. The first kappa shape index (κ1) is 16.3. The fourth-order valence-corrected chi connectivity index (χ4v) is 3.53. The number of anilines is 1. The van der Waals surface area contributed by atoms with Gasteiger partial charge in [0.05, 0.1) is 11.4 Å². The number of aromatic hydroxyl groups is 1. The topological polar surface area (TPSA) is 76.4 Å². The van der Waals surface area contributed by atoms with E-state index in [9.17, 15) is 9.50 Å². The van der Waals surface area contributed by atoms with Gasteiger partial charge in [0.1, 0.15) is 11.6 Å². The Hall–Kier alpha value is -3.93. The van der Waals surface area contributed by atoms with Crippen molar-refractivity contribution in [2.45, 2.75) is 0 Å². The van der Waals surface area contributed by atoms with Gasteiger partial charge < -0.3 is 10.8 Å². The molecule has 3 aromatic carbocycles. The number of halogens is 1. The Morgan fingerprint density at radius 3 is 2.68 bits per heavy atom. The fraction of sp³-hybridized carbons (Fsp3) is 0. The number of phenols is 1. The molecule has 0 saturated carbocycles. The first-order valence-corrected chi connectivity index (χ1v) is 8.72. The molecule has 0 saturated heterocycles. The minimum absolute atomic E-state index is 0.192. The van der Waals surface area contributed by atoms with Gasteiger partial charge in [-0.05, 0) is 29.7 Å². The van der Waals surface area contributed by atoms with E-state index in [-0.39, 0.29) is 17.4 Å². The molecule has 0 aliphatic heterocycles. The zero-order valence-corrected chi connectivity index (χ0v) is 14.7. The second-order valence-electron chi connectivity index (χ2n) is 6.54. The Morgan fingerprint density at radius 2 is 1.82 bits per heavy atom. The van der Waals surface area contributed by atoms with Gasteiger partial charge in [0.25, 0.3) is 0 Å². The standard InChI is InChI=1S/C22H15FN4O/c23-16-5-1-4-14(11-16)19-20(27-10-9-25-22(27)21(24)26-19)15-8-7-13-3-2-6-18(28)17(13)12-15/h1-12,28H,(H2,24,26). The van der Waals surface area contributed by atoms with Gasteiger partial charge in [-0.1, -0.05) is 36.4 Å². The van der Waals surface area contributed by atoms with Crippen LogP contribution >= 0.6 is 0 Å². The molecule has 2 aromatic heterocycles.